The van der Waals surface area contributed by atoms with Gasteiger partial charge in [-0.3, -0.25) is 0 Å². The molecule has 1 aromatic heterocycles. The van der Waals surface area contributed by atoms with Crippen LogP contribution in [0.3, 0.4) is 0 Å². The van der Waals surface area contributed by atoms with Gasteiger partial charge in [0.15, 0.2) is 0 Å². The molecule has 0 bridgehead atoms. The molecule has 3 rings (SSSR count). The first kappa shape index (κ1) is 13.6. The van der Waals surface area contributed by atoms with Gasteiger partial charge in [-0.1, -0.05) is 21.1 Å². The first-order valence-electron chi connectivity index (χ1n) is 6.62. The lowest BCUT2D eigenvalue weighted by atomic mass is 9.95. The van der Waals surface area contributed by atoms with Crippen molar-refractivity contribution in [2.45, 2.75) is 31.8 Å². The maximum atomic E-state index is 5.99. The predicted octanol–water partition coefficient (Wildman–Crippen LogP) is 3.50. The first-order valence-corrected chi connectivity index (χ1v) is 7.41. The summed E-state index contributed by atoms with van der Waals surface area (Å²) in [5.41, 5.74) is 6.87. The van der Waals surface area contributed by atoms with Gasteiger partial charge in [-0.2, -0.15) is 4.98 Å². The molecule has 2 heterocycles. The topological polar surface area (TPSA) is 74.2 Å². The molecule has 5 nitrogen and oxygen atoms in total. The quantitative estimate of drug-likeness (QED) is 0.849. The normalized spacial score (nSPS) is 22.9. The van der Waals surface area contributed by atoms with Crippen LogP contribution in [0.15, 0.2) is 27.2 Å². The smallest absolute Gasteiger partial charge is 0.260 e. The molecule has 20 heavy (non-hydrogen) atoms. The number of aromatic nitrogens is 2. The van der Waals surface area contributed by atoms with Crippen LogP contribution in [-0.2, 0) is 10.3 Å². The molecule has 0 aliphatic carbocycles. The summed E-state index contributed by atoms with van der Waals surface area (Å²) in [6, 6.07) is 5.58. The molecule has 0 saturated carbocycles. The fourth-order valence-corrected chi connectivity index (χ4v) is 2.77. The number of hydrogen-bond acceptors (Lipinski definition) is 5. The number of benzene rings is 1. The Morgan fingerprint density at radius 1 is 1.35 bits per heavy atom. The second-order valence-electron chi connectivity index (χ2n) is 5.19. The Bertz CT molecular complexity index is 621. The first-order chi connectivity index (χ1) is 9.58. The summed E-state index contributed by atoms with van der Waals surface area (Å²) in [5.74, 6) is 1.02. The summed E-state index contributed by atoms with van der Waals surface area (Å²) in [6.45, 7) is 2.74. The van der Waals surface area contributed by atoms with Crippen molar-refractivity contribution >= 4 is 21.6 Å². The van der Waals surface area contributed by atoms with Crippen molar-refractivity contribution in [2.24, 2.45) is 0 Å². The van der Waals surface area contributed by atoms with E-state index < -0.39 is 5.60 Å². The van der Waals surface area contributed by atoms with Crippen LogP contribution in [0.5, 0.6) is 0 Å². The summed E-state index contributed by atoms with van der Waals surface area (Å²) < 4.78 is 12.1. The van der Waals surface area contributed by atoms with E-state index in [-0.39, 0.29) is 0 Å². The fourth-order valence-electron chi connectivity index (χ4n) is 2.39. The van der Waals surface area contributed by atoms with Gasteiger partial charge in [-0.05, 0) is 44.4 Å². The predicted molar refractivity (Wildman–Crippen MR) is 79.0 cm³/mol. The number of nitrogens with zero attached hydrogens (tertiary/aromatic N) is 2. The SMILES string of the molecule is CC1(c2noc(-c3ccc(Br)cc3N)n2)CCCCO1. The molecule has 0 radical (unpaired) electrons. The summed E-state index contributed by atoms with van der Waals surface area (Å²) >= 11 is 3.38. The van der Waals surface area contributed by atoms with Crippen molar-refractivity contribution in [3.63, 3.8) is 0 Å². The van der Waals surface area contributed by atoms with Crippen LogP contribution < -0.4 is 5.73 Å². The van der Waals surface area contributed by atoms with Gasteiger partial charge >= 0.3 is 0 Å². The van der Waals surface area contributed by atoms with Crippen LogP contribution >= 0.6 is 15.9 Å². The Balaban J connectivity index is 1.93. The number of halogens is 1. The van der Waals surface area contributed by atoms with Gasteiger partial charge in [0, 0.05) is 16.8 Å². The van der Waals surface area contributed by atoms with E-state index >= 15 is 0 Å². The van der Waals surface area contributed by atoms with Gasteiger partial charge in [-0.25, -0.2) is 0 Å². The summed E-state index contributed by atoms with van der Waals surface area (Å²) in [6.07, 6.45) is 3.10. The van der Waals surface area contributed by atoms with Crippen molar-refractivity contribution in [2.75, 3.05) is 12.3 Å². The number of anilines is 1. The molecular formula is C14H16BrN3O2. The van der Waals surface area contributed by atoms with E-state index in [0.717, 1.165) is 35.9 Å². The van der Waals surface area contributed by atoms with Gasteiger partial charge in [0.25, 0.3) is 5.89 Å². The Morgan fingerprint density at radius 2 is 2.20 bits per heavy atom. The molecule has 1 unspecified atom stereocenters. The van der Waals surface area contributed by atoms with Crippen LogP contribution in [-0.4, -0.2) is 16.7 Å². The maximum Gasteiger partial charge on any atom is 0.260 e. The minimum atomic E-state index is -0.454. The monoisotopic (exact) mass is 337 g/mol. The third kappa shape index (κ3) is 2.45. The molecule has 1 fully saturated rings. The third-order valence-electron chi connectivity index (χ3n) is 3.61. The maximum absolute atomic E-state index is 5.99. The molecule has 1 atom stereocenters. The van der Waals surface area contributed by atoms with Crippen LogP contribution in [0.25, 0.3) is 11.5 Å². The zero-order valence-electron chi connectivity index (χ0n) is 11.2. The highest BCUT2D eigenvalue weighted by Crippen LogP contribution is 2.35. The van der Waals surface area contributed by atoms with E-state index in [9.17, 15) is 0 Å². The average Bonchev–Trinajstić information content (AvgIpc) is 2.90. The highest BCUT2D eigenvalue weighted by molar-refractivity contribution is 9.10. The third-order valence-corrected chi connectivity index (χ3v) is 4.11. The molecule has 2 aromatic rings. The minimum Gasteiger partial charge on any atom is -0.398 e. The van der Waals surface area contributed by atoms with E-state index in [1.54, 1.807) is 0 Å². The molecule has 0 amide bonds. The van der Waals surface area contributed by atoms with Gasteiger partial charge in [0.05, 0.1) is 5.56 Å². The van der Waals surface area contributed by atoms with Gasteiger partial charge < -0.3 is 15.0 Å². The summed E-state index contributed by atoms with van der Waals surface area (Å²) in [7, 11) is 0. The number of nitrogens with two attached hydrogens (primary N) is 1. The molecule has 1 aliphatic heterocycles. The van der Waals surface area contributed by atoms with Gasteiger partial charge in [-0.15, -0.1) is 0 Å². The van der Waals surface area contributed by atoms with Crippen LogP contribution in [0, 0.1) is 0 Å². The summed E-state index contributed by atoms with van der Waals surface area (Å²) in [4.78, 5) is 4.47. The zero-order valence-corrected chi connectivity index (χ0v) is 12.8. The van der Waals surface area contributed by atoms with Crippen LogP contribution in [0.4, 0.5) is 5.69 Å². The van der Waals surface area contributed by atoms with Crippen molar-refractivity contribution in [3.05, 3.63) is 28.5 Å². The number of hydrogen-bond donors (Lipinski definition) is 1. The largest absolute Gasteiger partial charge is 0.398 e. The standard InChI is InChI=1S/C14H16BrN3O2/c1-14(6-2-3-7-19-14)13-17-12(20-18-13)10-5-4-9(15)8-11(10)16/h4-5,8H,2-3,6-7,16H2,1H3. The molecule has 2 N–H and O–H groups in total. The van der Waals surface area contributed by atoms with E-state index in [2.05, 4.69) is 26.1 Å². The Kier molecular flexibility index (Phi) is 3.52. The Morgan fingerprint density at radius 3 is 2.90 bits per heavy atom. The summed E-state index contributed by atoms with van der Waals surface area (Å²) in [5, 5.41) is 4.07. The molecule has 0 spiro atoms. The minimum absolute atomic E-state index is 0.431. The van der Waals surface area contributed by atoms with Crippen molar-refractivity contribution in [1.29, 1.82) is 0 Å². The molecular weight excluding hydrogens is 322 g/mol. The van der Waals surface area contributed by atoms with E-state index in [4.69, 9.17) is 15.0 Å². The Hall–Kier alpha value is -1.40. The van der Waals surface area contributed by atoms with E-state index in [1.165, 1.54) is 0 Å². The van der Waals surface area contributed by atoms with Gasteiger partial charge in [0.1, 0.15) is 5.60 Å². The van der Waals surface area contributed by atoms with Crippen molar-refractivity contribution in [3.8, 4) is 11.5 Å². The van der Waals surface area contributed by atoms with Gasteiger partial charge in [0.2, 0.25) is 5.82 Å². The molecule has 1 aromatic carbocycles. The number of ether oxygens (including phenoxy) is 1. The lowest BCUT2D eigenvalue weighted by molar-refractivity contribution is -0.0770. The average molecular weight is 338 g/mol. The lowest BCUT2D eigenvalue weighted by Crippen LogP contribution is -2.31. The van der Waals surface area contributed by atoms with E-state index in [1.807, 2.05) is 25.1 Å². The van der Waals surface area contributed by atoms with Crippen molar-refractivity contribution in [1.82, 2.24) is 10.1 Å². The second kappa shape index (κ2) is 5.18. The number of rotatable bonds is 2. The fraction of sp³-hybridized carbons (Fsp3) is 0.429. The molecule has 6 heteroatoms. The lowest BCUT2D eigenvalue weighted by Gasteiger charge is -2.30. The highest BCUT2D eigenvalue weighted by Gasteiger charge is 2.35. The molecule has 1 saturated heterocycles. The molecule has 106 valence electrons. The zero-order chi connectivity index (χ0) is 14.2. The highest BCUT2D eigenvalue weighted by atomic mass is 79.9. The van der Waals surface area contributed by atoms with Crippen molar-refractivity contribution < 1.29 is 9.26 Å². The van der Waals surface area contributed by atoms with Crippen LogP contribution in [0.2, 0.25) is 0 Å². The van der Waals surface area contributed by atoms with E-state index in [0.29, 0.717) is 17.4 Å². The number of nitrogen functional groups attached to an aromatic ring is 1. The Labute approximate surface area is 125 Å². The van der Waals surface area contributed by atoms with Crippen LogP contribution in [0.1, 0.15) is 32.0 Å². The molecule has 1 aliphatic rings. The second-order valence-corrected chi connectivity index (χ2v) is 6.11.